The molecule has 0 spiro atoms. The summed E-state index contributed by atoms with van der Waals surface area (Å²) in [6.07, 6.45) is 4.08. The Morgan fingerprint density at radius 1 is 0.941 bits per heavy atom. The number of hydrogen-bond donors (Lipinski definition) is 0. The van der Waals surface area contributed by atoms with Crippen LogP contribution in [0, 0.1) is 20.2 Å². The van der Waals surface area contributed by atoms with Crippen molar-refractivity contribution >= 4 is 11.4 Å². The SMILES string of the molecule is CCCCC.O=[N+]([O-])c1ccccc1[N+](=O)[O-]. The molecular weight excluding hydrogens is 224 g/mol. The number of para-hydroxylation sites is 2. The predicted octanol–water partition coefficient (Wildman–Crippen LogP) is 3.70. The van der Waals surface area contributed by atoms with Crippen molar-refractivity contribution in [3.05, 3.63) is 44.5 Å². The molecule has 0 aliphatic rings. The minimum absolute atomic E-state index is 0.484. The second kappa shape index (κ2) is 8.20. The average molecular weight is 240 g/mol. The van der Waals surface area contributed by atoms with Crippen LogP contribution < -0.4 is 0 Å². The quantitative estimate of drug-likeness (QED) is 0.593. The monoisotopic (exact) mass is 240 g/mol. The molecule has 0 saturated carbocycles. The largest absolute Gasteiger partial charge is 0.346 e. The van der Waals surface area contributed by atoms with Crippen LogP contribution in [0.3, 0.4) is 0 Å². The molecular formula is C11H16N2O4. The number of nitrogens with zero attached hydrogens (tertiary/aromatic N) is 2. The van der Waals surface area contributed by atoms with E-state index in [4.69, 9.17) is 0 Å². The van der Waals surface area contributed by atoms with Gasteiger partial charge in [0.1, 0.15) is 0 Å². The summed E-state index contributed by atoms with van der Waals surface area (Å²) in [6, 6.07) is 4.95. The van der Waals surface area contributed by atoms with Gasteiger partial charge in [-0.05, 0) is 0 Å². The van der Waals surface area contributed by atoms with Gasteiger partial charge in [-0.1, -0.05) is 45.2 Å². The molecule has 0 saturated heterocycles. The molecule has 0 atom stereocenters. The van der Waals surface area contributed by atoms with Crippen molar-refractivity contribution in [3.63, 3.8) is 0 Å². The Morgan fingerprint density at radius 3 is 1.47 bits per heavy atom. The van der Waals surface area contributed by atoms with Crippen LogP contribution >= 0.6 is 0 Å². The number of benzene rings is 1. The maximum atomic E-state index is 10.2. The van der Waals surface area contributed by atoms with Crippen LogP contribution in [0.2, 0.25) is 0 Å². The van der Waals surface area contributed by atoms with Gasteiger partial charge in [-0.3, -0.25) is 20.2 Å². The molecule has 0 heterocycles. The van der Waals surface area contributed by atoms with E-state index in [2.05, 4.69) is 13.8 Å². The standard InChI is InChI=1S/C6H4N2O4.C5H12/c9-7(10)5-3-1-2-4-6(5)8(11)12;1-3-5-4-2/h1-4H;3-5H2,1-2H3. The zero-order chi connectivity index (χ0) is 13.3. The first-order valence-corrected chi connectivity index (χ1v) is 5.42. The molecule has 0 unspecified atom stereocenters. The fourth-order valence-electron chi connectivity index (χ4n) is 1.13. The Hall–Kier alpha value is -1.98. The molecule has 6 nitrogen and oxygen atoms in total. The van der Waals surface area contributed by atoms with Gasteiger partial charge in [0.25, 0.3) is 0 Å². The summed E-state index contributed by atoms with van der Waals surface area (Å²) in [5, 5.41) is 20.5. The van der Waals surface area contributed by atoms with Gasteiger partial charge in [0.2, 0.25) is 0 Å². The molecule has 0 fully saturated rings. The predicted molar refractivity (Wildman–Crippen MR) is 64.9 cm³/mol. The number of hydrogen-bond acceptors (Lipinski definition) is 4. The lowest BCUT2D eigenvalue weighted by Gasteiger charge is -1.91. The lowest BCUT2D eigenvalue weighted by atomic mass is 10.3. The molecule has 0 aliphatic heterocycles. The lowest BCUT2D eigenvalue weighted by molar-refractivity contribution is -0.422. The van der Waals surface area contributed by atoms with Crippen LogP contribution in [0.25, 0.3) is 0 Å². The van der Waals surface area contributed by atoms with Crippen molar-refractivity contribution in [3.8, 4) is 0 Å². The van der Waals surface area contributed by atoms with Gasteiger partial charge in [0.05, 0.1) is 9.85 Å². The van der Waals surface area contributed by atoms with Crippen LogP contribution in [0.15, 0.2) is 24.3 Å². The van der Waals surface area contributed by atoms with E-state index < -0.39 is 21.2 Å². The number of unbranched alkanes of at least 4 members (excludes halogenated alkanes) is 2. The summed E-state index contributed by atoms with van der Waals surface area (Å²) in [5.41, 5.74) is -0.968. The third kappa shape index (κ3) is 5.60. The van der Waals surface area contributed by atoms with Gasteiger partial charge < -0.3 is 0 Å². The summed E-state index contributed by atoms with van der Waals surface area (Å²) in [4.78, 5) is 18.9. The van der Waals surface area contributed by atoms with Crippen LogP contribution in [0.4, 0.5) is 11.4 Å². The van der Waals surface area contributed by atoms with Gasteiger partial charge in [-0.2, -0.15) is 0 Å². The Labute approximate surface area is 99.6 Å². The van der Waals surface area contributed by atoms with Crippen molar-refractivity contribution in [1.82, 2.24) is 0 Å². The minimum Gasteiger partial charge on any atom is -0.258 e. The van der Waals surface area contributed by atoms with Crippen molar-refractivity contribution in [2.45, 2.75) is 33.1 Å². The van der Waals surface area contributed by atoms with E-state index in [1.54, 1.807) is 0 Å². The number of nitro groups is 2. The second-order valence-electron chi connectivity index (χ2n) is 3.36. The summed E-state index contributed by atoms with van der Waals surface area (Å²) < 4.78 is 0. The molecule has 6 heteroatoms. The highest BCUT2D eigenvalue weighted by atomic mass is 16.6. The number of rotatable bonds is 4. The summed E-state index contributed by atoms with van der Waals surface area (Å²) in [6.45, 7) is 4.42. The summed E-state index contributed by atoms with van der Waals surface area (Å²) in [5.74, 6) is 0. The van der Waals surface area contributed by atoms with E-state index >= 15 is 0 Å². The van der Waals surface area contributed by atoms with Crippen molar-refractivity contribution in [1.29, 1.82) is 0 Å². The van der Waals surface area contributed by atoms with Crippen LogP contribution in [0.5, 0.6) is 0 Å². The van der Waals surface area contributed by atoms with Crippen molar-refractivity contribution < 1.29 is 9.85 Å². The van der Waals surface area contributed by atoms with E-state index in [-0.39, 0.29) is 0 Å². The normalized spacial score (nSPS) is 9.06. The smallest absolute Gasteiger partial charge is 0.258 e. The Kier molecular flexibility index (Phi) is 7.25. The Bertz CT molecular complexity index is 344. The highest BCUT2D eigenvalue weighted by molar-refractivity contribution is 5.51. The molecule has 0 aliphatic carbocycles. The molecule has 1 aromatic carbocycles. The van der Waals surface area contributed by atoms with E-state index in [9.17, 15) is 20.2 Å². The minimum atomic E-state index is -0.780. The molecule has 0 aromatic heterocycles. The van der Waals surface area contributed by atoms with E-state index in [0.717, 1.165) is 12.1 Å². The van der Waals surface area contributed by atoms with E-state index in [1.165, 1.54) is 31.4 Å². The first-order chi connectivity index (χ1) is 8.04. The zero-order valence-corrected chi connectivity index (χ0v) is 9.96. The molecule has 1 rings (SSSR count). The van der Waals surface area contributed by atoms with E-state index in [1.807, 2.05) is 0 Å². The van der Waals surface area contributed by atoms with Crippen LogP contribution in [0.1, 0.15) is 33.1 Å². The molecule has 0 bridgehead atoms. The fourth-order valence-corrected chi connectivity index (χ4v) is 1.13. The average Bonchev–Trinajstić information content (AvgIpc) is 2.30. The first kappa shape index (κ1) is 15.0. The molecule has 17 heavy (non-hydrogen) atoms. The topological polar surface area (TPSA) is 86.3 Å². The van der Waals surface area contributed by atoms with Crippen molar-refractivity contribution in [2.75, 3.05) is 0 Å². The highest BCUT2D eigenvalue weighted by Gasteiger charge is 2.21. The maximum absolute atomic E-state index is 10.2. The molecule has 94 valence electrons. The molecule has 0 N–H and O–H groups in total. The Morgan fingerprint density at radius 2 is 1.29 bits per heavy atom. The zero-order valence-electron chi connectivity index (χ0n) is 9.96. The van der Waals surface area contributed by atoms with Crippen molar-refractivity contribution in [2.24, 2.45) is 0 Å². The summed E-state index contributed by atoms with van der Waals surface area (Å²) in [7, 11) is 0. The van der Waals surface area contributed by atoms with Gasteiger partial charge in [0.15, 0.2) is 0 Å². The highest BCUT2D eigenvalue weighted by Crippen LogP contribution is 2.24. The molecule has 0 amide bonds. The van der Waals surface area contributed by atoms with Gasteiger partial charge >= 0.3 is 11.4 Å². The number of nitro benzene ring substituents is 2. The lowest BCUT2D eigenvalue weighted by Crippen LogP contribution is -1.95. The molecule has 1 aromatic rings. The molecule has 0 radical (unpaired) electrons. The van der Waals surface area contributed by atoms with E-state index in [0.29, 0.717) is 0 Å². The fraction of sp³-hybridized carbons (Fsp3) is 0.455. The third-order valence-corrected chi connectivity index (χ3v) is 1.98. The second-order valence-corrected chi connectivity index (χ2v) is 3.36. The Balaban J connectivity index is 0.000000437. The van der Waals surface area contributed by atoms with Gasteiger partial charge in [-0.25, -0.2) is 0 Å². The van der Waals surface area contributed by atoms with Gasteiger partial charge in [0, 0.05) is 12.1 Å². The maximum Gasteiger partial charge on any atom is 0.346 e. The summed E-state index contributed by atoms with van der Waals surface area (Å²) >= 11 is 0. The third-order valence-electron chi connectivity index (χ3n) is 1.98. The van der Waals surface area contributed by atoms with Crippen LogP contribution in [-0.4, -0.2) is 9.85 Å². The van der Waals surface area contributed by atoms with Gasteiger partial charge in [-0.15, -0.1) is 0 Å². The van der Waals surface area contributed by atoms with Crippen LogP contribution in [-0.2, 0) is 0 Å². The first-order valence-electron chi connectivity index (χ1n) is 5.42.